The molecule has 0 spiro atoms. The molecule has 4 heterocycles. The first-order chi connectivity index (χ1) is 18.6. The molecule has 4 aromatic rings. The van der Waals surface area contributed by atoms with Gasteiger partial charge in [0.25, 0.3) is 0 Å². The summed E-state index contributed by atoms with van der Waals surface area (Å²) in [5.41, 5.74) is 10.8. The van der Waals surface area contributed by atoms with E-state index in [0.29, 0.717) is 36.0 Å². The number of anilines is 2. The lowest BCUT2D eigenvalue weighted by atomic mass is 10.0. The van der Waals surface area contributed by atoms with Gasteiger partial charge in [-0.05, 0) is 50.0 Å². The second-order valence-electron chi connectivity index (χ2n) is 10.3. The minimum Gasteiger partial charge on any atom is -0.395 e. The summed E-state index contributed by atoms with van der Waals surface area (Å²) < 4.78 is 1.89. The average molecular weight is 518 g/mol. The van der Waals surface area contributed by atoms with Crippen LogP contribution in [0.15, 0.2) is 36.7 Å². The number of aliphatic hydroxyl groups excluding tert-OH is 1. The van der Waals surface area contributed by atoms with Crippen LogP contribution in [-0.2, 0) is 13.1 Å². The maximum Gasteiger partial charge on any atom is 0.222 e. The Kier molecular flexibility index (Phi) is 8.31. The summed E-state index contributed by atoms with van der Waals surface area (Å²) in [6, 6.07) is 9.04. The molecule has 0 aliphatic carbocycles. The summed E-state index contributed by atoms with van der Waals surface area (Å²) in [6.07, 6.45) is 8.25. The number of fused-ring (bicyclic) bond motifs is 2. The third-order valence-corrected chi connectivity index (χ3v) is 7.34. The van der Waals surface area contributed by atoms with Gasteiger partial charge in [-0.25, -0.2) is 4.98 Å². The highest BCUT2D eigenvalue weighted by molar-refractivity contribution is 5.87. The first-order valence-electron chi connectivity index (χ1n) is 13.7. The third-order valence-electron chi connectivity index (χ3n) is 7.34. The Hall–Kier alpha value is -3.34. The Morgan fingerprint density at radius 2 is 2.03 bits per heavy atom. The smallest absolute Gasteiger partial charge is 0.222 e. The fraction of sp³-hybridized carbons (Fsp3) is 0.500. The highest BCUT2D eigenvalue weighted by Crippen LogP contribution is 2.26. The Morgan fingerprint density at radius 3 is 2.84 bits per heavy atom. The summed E-state index contributed by atoms with van der Waals surface area (Å²) >= 11 is 0. The zero-order chi connectivity index (χ0) is 26.5. The summed E-state index contributed by atoms with van der Waals surface area (Å²) in [6.45, 7) is 7.07. The van der Waals surface area contributed by atoms with E-state index in [1.54, 1.807) is 0 Å². The van der Waals surface area contributed by atoms with Crippen LogP contribution in [0.1, 0.15) is 43.7 Å². The second-order valence-corrected chi connectivity index (χ2v) is 10.3. The van der Waals surface area contributed by atoms with E-state index < -0.39 is 0 Å². The maximum atomic E-state index is 9.63. The molecule has 0 radical (unpaired) electrons. The Balaban J connectivity index is 1.41. The monoisotopic (exact) mass is 517 g/mol. The van der Waals surface area contributed by atoms with E-state index in [0.717, 1.165) is 48.9 Å². The van der Waals surface area contributed by atoms with Gasteiger partial charge in [0.2, 0.25) is 5.95 Å². The van der Waals surface area contributed by atoms with Crippen molar-refractivity contribution in [2.75, 3.05) is 50.5 Å². The average Bonchev–Trinajstić information content (AvgIpc) is 3.32. The largest absolute Gasteiger partial charge is 0.395 e. The van der Waals surface area contributed by atoms with Crippen molar-refractivity contribution in [1.29, 1.82) is 0 Å². The molecule has 1 aliphatic heterocycles. The van der Waals surface area contributed by atoms with Gasteiger partial charge >= 0.3 is 0 Å². The van der Waals surface area contributed by atoms with Gasteiger partial charge in [-0.1, -0.05) is 31.5 Å². The first-order valence-corrected chi connectivity index (χ1v) is 13.7. The van der Waals surface area contributed by atoms with E-state index in [1.165, 1.54) is 24.9 Å². The molecule has 1 aromatic carbocycles. The highest BCUT2D eigenvalue weighted by Gasteiger charge is 2.19. The zero-order valence-electron chi connectivity index (χ0n) is 22.5. The topological polar surface area (TPSA) is 121 Å². The van der Waals surface area contributed by atoms with Gasteiger partial charge in [0.1, 0.15) is 5.52 Å². The molecule has 5 rings (SSSR count). The number of hydrogen-bond acceptors (Lipinski definition) is 9. The second kappa shape index (κ2) is 12.0. The van der Waals surface area contributed by atoms with Crippen molar-refractivity contribution >= 4 is 33.7 Å². The highest BCUT2D eigenvalue weighted by atomic mass is 16.3. The van der Waals surface area contributed by atoms with Gasteiger partial charge in [-0.3, -0.25) is 9.67 Å². The third kappa shape index (κ3) is 5.87. The summed E-state index contributed by atoms with van der Waals surface area (Å²) in [5, 5.41) is 19.4. The van der Waals surface area contributed by atoms with Gasteiger partial charge in [0, 0.05) is 43.8 Å². The molecule has 1 atom stereocenters. The number of benzene rings is 1. The van der Waals surface area contributed by atoms with Gasteiger partial charge in [-0.2, -0.15) is 10.1 Å². The number of nitrogens with one attached hydrogen (secondary N) is 1. The van der Waals surface area contributed by atoms with Crippen LogP contribution in [0.2, 0.25) is 0 Å². The van der Waals surface area contributed by atoms with Crippen molar-refractivity contribution in [1.82, 2.24) is 34.9 Å². The SMILES string of the molecule is CCCCN(CCO)c1nc(N)nc2cn(Cc3ccc(CN[C@@H]4CCCN(C)C4)c4cccnc34)nc12. The predicted octanol–water partition coefficient (Wildman–Crippen LogP) is 2.79. The van der Waals surface area contributed by atoms with Crippen molar-refractivity contribution in [3.05, 3.63) is 47.8 Å². The van der Waals surface area contributed by atoms with Crippen molar-refractivity contribution in [3.63, 3.8) is 0 Å². The van der Waals surface area contributed by atoms with E-state index in [4.69, 9.17) is 15.8 Å². The van der Waals surface area contributed by atoms with Crippen LogP contribution in [0, 0.1) is 0 Å². The minimum atomic E-state index is 0.0339. The van der Waals surface area contributed by atoms with Gasteiger partial charge in [0.05, 0.1) is 24.9 Å². The van der Waals surface area contributed by atoms with Crippen LogP contribution in [0.3, 0.4) is 0 Å². The normalized spacial score (nSPS) is 16.4. The number of unbranched alkanes of at least 4 members (excludes halogenated alkanes) is 1. The van der Waals surface area contributed by atoms with Crippen molar-refractivity contribution < 1.29 is 5.11 Å². The molecule has 1 aliphatic rings. The van der Waals surface area contributed by atoms with Crippen LogP contribution in [-0.4, -0.2) is 80.6 Å². The lowest BCUT2D eigenvalue weighted by Crippen LogP contribution is -2.43. The number of pyridine rings is 1. The number of aliphatic hydroxyl groups is 1. The molecule has 10 heteroatoms. The van der Waals surface area contributed by atoms with Crippen molar-refractivity contribution in [2.45, 2.75) is 51.7 Å². The Morgan fingerprint density at radius 1 is 1.16 bits per heavy atom. The van der Waals surface area contributed by atoms with Crippen molar-refractivity contribution in [2.24, 2.45) is 0 Å². The minimum absolute atomic E-state index is 0.0339. The van der Waals surface area contributed by atoms with Crippen molar-refractivity contribution in [3.8, 4) is 0 Å². The number of rotatable bonds is 11. The lowest BCUT2D eigenvalue weighted by Gasteiger charge is -2.30. The standard InChI is InChI=1S/C28H39N9O/c1-3-4-13-36(14-15-38)27-26-24(32-28(29)33-27)19-37(34-26)17-21-10-9-20(23-8-5-11-30-25(21)23)16-31-22-7-6-12-35(2)18-22/h5,8-11,19,22,31,38H,3-4,6-7,12-18H2,1-2H3,(H2,29,32)/t22-/m1/s1. The molecule has 0 amide bonds. The zero-order valence-corrected chi connectivity index (χ0v) is 22.5. The summed E-state index contributed by atoms with van der Waals surface area (Å²) in [4.78, 5) is 18.1. The first kappa shape index (κ1) is 26.3. The fourth-order valence-electron chi connectivity index (χ4n) is 5.39. The fourth-order valence-corrected chi connectivity index (χ4v) is 5.39. The van der Waals surface area contributed by atoms with E-state index in [2.05, 4.69) is 52.4 Å². The quantitative estimate of drug-likeness (QED) is 0.276. The van der Waals surface area contributed by atoms with Gasteiger partial charge < -0.3 is 26.0 Å². The Labute approximate surface area is 223 Å². The maximum absolute atomic E-state index is 9.63. The van der Waals surface area contributed by atoms with Crippen LogP contribution >= 0.6 is 0 Å². The molecule has 0 saturated carbocycles. The molecular weight excluding hydrogens is 478 g/mol. The number of nitrogen functional groups attached to an aromatic ring is 1. The number of nitrogens with zero attached hydrogens (tertiary/aromatic N) is 7. The van der Waals surface area contributed by atoms with Crippen LogP contribution in [0.5, 0.6) is 0 Å². The molecule has 3 aromatic heterocycles. The molecule has 4 N–H and O–H groups in total. The lowest BCUT2D eigenvalue weighted by molar-refractivity contribution is 0.226. The number of aromatic nitrogens is 5. The molecule has 38 heavy (non-hydrogen) atoms. The number of hydrogen-bond donors (Lipinski definition) is 3. The number of likely N-dealkylation sites (tertiary alicyclic amines) is 1. The molecule has 0 bridgehead atoms. The molecule has 1 fully saturated rings. The van der Waals surface area contributed by atoms with Crippen LogP contribution in [0.4, 0.5) is 11.8 Å². The van der Waals surface area contributed by atoms with Crippen LogP contribution in [0.25, 0.3) is 21.9 Å². The molecular formula is C28H39N9O. The number of likely N-dealkylation sites (N-methyl/N-ethyl adjacent to an activating group) is 1. The predicted molar refractivity (Wildman–Crippen MR) is 152 cm³/mol. The summed E-state index contributed by atoms with van der Waals surface area (Å²) in [5.74, 6) is 0.881. The molecule has 10 nitrogen and oxygen atoms in total. The number of piperidine rings is 1. The van der Waals surface area contributed by atoms with E-state index >= 15 is 0 Å². The summed E-state index contributed by atoms with van der Waals surface area (Å²) in [7, 11) is 2.19. The van der Waals surface area contributed by atoms with Gasteiger partial charge in [-0.15, -0.1) is 0 Å². The van der Waals surface area contributed by atoms with E-state index in [-0.39, 0.29) is 12.6 Å². The molecule has 1 saturated heterocycles. The van der Waals surface area contributed by atoms with E-state index in [1.807, 2.05) is 28.0 Å². The van der Waals surface area contributed by atoms with Crippen LogP contribution < -0.4 is 16.0 Å². The van der Waals surface area contributed by atoms with Gasteiger partial charge in [0.15, 0.2) is 11.3 Å². The number of nitrogens with two attached hydrogens (primary N) is 1. The van der Waals surface area contributed by atoms with E-state index in [9.17, 15) is 5.11 Å². The molecule has 202 valence electrons. The Bertz CT molecular complexity index is 1370. The molecule has 0 unspecified atom stereocenters.